The van der Waals surface area contributed by atoms with Crippen molar-refractivity contribution >= 4 is 11.8 Å². The summed E-state index contributed by atoms with van der Waals surface area (Å²) in [5.41, 5.74) is 2.70. The van der Waals surface area contributed by atoms with Gasteiger partial charge in [-0.3, -0.25) is 4.79 Å². The standard InChI is InChI=1S/C22H32O3/c1-16(14-17-10-12-19(13-11-17)22(2,3)4)15-25-21(24)20(23)18-8-6-5-7-9-18/h10-13,16,18H,5-9,14-15H2,1-4H3. The first-order chi connectivity index (χ1) is 11.8. The maximum atomic E-state index is 12.1. The Morgan fingerprint density at radius 1 is 1.08 bits per heavy atom. The van der Waals surface area contributed by atoms with Gasteiger partial charge >= 0.3 is 5.97 Å². The predicted octanol–water partition coefficient (Wildman–Crippen LogP) is 4.86. The molecule has 2 rings (SSSR count). The lowest BCUT2D eigenvalue weighted by atomic mass is 9.86. The van der Waals surface area contributed by atoms with E-state index in [1.54, 1.807) is 0 Å². The maximum absolute atomic E-state index is 12.1. The Morgan fingerprint density at radius 2 is 1.68 bits per heavy atom. The molecule has 1 aromatic rings. The monoisotopic (exact) mass is 344 g/mol. The topological polar surface area (TPSA) is 43.4 Å². The first-order valence-corrected chi connectivity index (χ1v) is 9.57. The lowest BCUT2D eigenvalue weighted by molar-refractivity contribution is -0.157. The van der Waals surface area contributed by atoms with E-state index < -0.39 is 5.97 Å². The molecular formula is C22H32O3. The van der Waals surface area contributed by atoms with E-state index in [4.69, 9.17) is 4.74 Å². The Labute approximate surface area is 152 Å². The van der Waals surface area contributed by atoms with E-state index in [1.807, 2.05) is 0 Å². The number of hydrogen-bond donors (Lipinski definition) is 0. The fraction of sp³-hybridized carbons (Fsp3) is 0.636. The number of rotatable bonds is 6. The number of ether oxygens (including phenoxy) is 1. The first kappa shape index (κ1) is 19.7. The molecule has 25 heavy (non-hydrogen) atoms. The minimum absolute atomic E-state index is 0.110. The van der Waals surface area contributed by atoms with Crippen LogP contribution in [0.15, 0.2) is 24.3 Å². The molecule has 0 radical (unpaired) electrons. The van der Waals surface area contributed by atoms with Gasteiger partial charge in [0.05, 0.1) is 6.61 Å². The average molecular weight is 344 g/mol. The van der Waals surface area contributed by atoms with Crippen LogP contribution < -0.4 is 0 Å². The van der Waals surface area contributed by atoms with Crippen molar-refractivity contribution in [1.82, 2.24) is 0 Å². The van der Waals surface area contributed by atoms with Crippen LogP contribution in [0.25, 0.3) is 0 Å². The van der Waals surface area contributed by atoms with Crippen molar-refractivity contribution in [3.63, 3.8) is 0 Å². The van der Waals surface area contributed by atoms with Gasteiger partial charge in [-0.05, 0) is 41.7 Å². The van der Waals surface area contributed by atoms with Crippen molar-refractivity contribution in [3.05, 3.63) is 35.4 Å². The van der Waals surface area contributed by atoms with Gasteiger partial charge in [-0.15, -0.1) is 0 Å². The Kier molecular flexibility index (Phi) is 6.80. The van der Waals surface area contributed by atoms with Gasteiger partial charge in [0.15, 0.2) is 0 Å². The van der Waals surface area contributed by atoms with Crippen molar-refractivity contribution in [2.75, 3.05) is 6.61 Å². The summed E-state index contributed by atoms with van der Waals surface area (Å²) in [5, 5.41) is 0. The van der Waals surface area contributed by atoms with E-state index in [9.17, 15) is 9.59 Å². The van der Waals surface area contributed by atoms with Gasteiger partial charge in [-0.2, -0.15) is 0 Å². The molecule has 138 valence electrons. The highest BCUT2D eigenvalue weighted by atomic mass is 16.5. The smallest absolute Gasteiger partial charge is 0.374 e. The van der Waals surface area contributed by atoms with E-state index >= 15 is 0 Å². The second-order valence-electron chi connectivity index (χ2n) is 8.55. The highest BCUT2D eigenvalue weighted by Gasteiger charge is 2.28. The SMILES string of the molecule is CC(COC(=O)C(=O)C1CCCCC1)Cc1ccc(C(C)(C)C)cc1. The maximum Gasteiger partial charge on any atom is 0.374 e. The second kappa shape index (κ2) is 8.64. The third-order valence-electron chi connectivity index (χ3n) is 5.08. The number of Topliss-reactive ketones (excluding diaryl/α,β-unsaturated/α-hetero) is 1. The third-order valence-corrected chi connectivity index (χ3v) is 5.08. The zero-order valence-corrected chi connectivity index (χ0v) is 16.1. The first-order valence-electron chi connectivity index (χ1n) is 9.57. The van der Waals surface area contributed by atoms with Crippen LogP contribution in [0.4, 0.5) is 0 Å². The van der Waals surface area contributed by atoms with E-state index in [1.165, 1.54) is 17.5 Å². The van der Waals surface area contributed by atoms with Crippen molar-refractivity contribution in [3.8, 4) is 0 Å². The lowest BCUT2D eigenvalue weighted by Gasteiger charge is -2.20. The van der Waals surface area contributed by atoms with Crippen LogP contribution in [0.3, 0.4) is 0 Å². The number of carbonyl (C=O) groups is 2. The Morgan fingerprint density at radius 3 is 2.24 bits per heavy atom. The Bertz CT molecular complexity index is 574. The van der Waals surface area contributed by atoms with E-state index in [-0.39, 0.29) is 23.0 Å². The summed E-state index contributed by atoms with van der Waals surface area (Å²) in [7, 11) is 0. The molecule has 0 saturated heterocycles. The van der Waals surface area contributed by atoms with Gasteiger partial charge in [-0.1, -0.05) is 71.2 Å². The molecule has 1 aromatic carbocycles. The molecule has 0 aliphatic heterocycles. The summed E-state index contributed by atoms with van der Waals surface area (Å²) in [6, 6.07) is 8.62. The van der Waals surface area contributed by atoms with Crippen LogP contribution >= 0.6 is 0 Å². The summed E-state index contributed by atoms with van der Waals surface area (Å²) < 4.78 is 5.28. The fourth-order valence-electron chi connectivity index (χ4n) is 3.42. The zero-order valence-electron chi connectivity index (χ0n) is 16.1. The van der Waals surface area contributed by atoms with Gasteiger partial charge in [0.1, 0.15) is 0 Å². The molecule has 1 fully saturated rings. The molecule has 1 aliphatic carbocycles. The molecule has 3 nitrogen and oxygen atoms in total. The highest BCUT2D eigenvalue weighted by molar-refractivity contribution is 6.34. The normalized spacial score (nSPS) is 17.1. The van der Waals surface area contributed by atoms with Crippen LogP contribution in [0, 0.1) is 11.8 Å². The molecule has 1 unspecified atom stereocenters. The molecule has 0 bridgehead atoms. The minimum atomic E-state index is -0.637. The molecule has 1 aliphatic rings. The summed E-state index contributed by atoms with van der Waals surface area (Å²) in [4.78, 5) is 24.1. The Balaban J connectivity index is 1.78. The minimum Gasteiger partial charge on any atom is -0.460 e. The molecule has 1 saturated carbocycles. The van der Waals surface area contributed by atoms with Crippen molar-refractivity contribution in [2.45, 2.75) is 71.6 Å². The summed E-state index contributed by atoms with van der Waals surface area (Å²) in [5.74, 6) is -0.867. The van der Waals surface area contributed by atoms with Gasteiger partial charge in [0.2, 0.25) is 5.78 Å². The number of esters is 1. The highest BCUT2D eigenvalue weighted by Crippen LogP contribution is 2.25. The summed E-state index contributed by atoms with van der Waals surface area (Å²) in [6.45, 7) is 8.96. The summed E-state index contributed by atoms with van der Waals surface area (Å²) >= 11 is 0. The van der Waals surface area contributed by atoms with Crippen molar-refractivity contribution in [2.24, 2.45) is 11.8 Å². The Hall–Kier alpha value is -1.64. The number of carbonyl (C=O) groups excluding carboxylic acids is 2. The van der Waals surface area contributed by atoms with Crippen LogP contribution in [0.2, 0.25) is 0 Å². The quantitative estimate of drug-likeness (QED) is 0.547. The van der Waals surface area contributed by atoms with Crippen LogP contribution in [0.1, 0.15) is 70.9 Å². The zero-order chi connectivity index (χ0) is 18.4. The number of benzene rings is 1. The molecule has 3 heteroatoms. The average Bonchev–Trinajstić information content (AvgIpc) is 2.59. The molecule has 0 amide bonds. The molecule has 0 heterocycles. The van der Waals surface area contributed by atoms with Crippen LogP contribution in [-0.4, -0.2) is 18.4 Å². The molecule has 0 N–H and O–H groups in total. The van der Waals surface area contributed by atoms with E-state index in [0.717, 1.165) is 32.1 Å². The van der Waals surface area contributed by atoms with E-state index in [2.05, 4.69) is 52.0 Å². The largest absolute Gasteiger partial charge is 0.460 e. The lowest BCUT2D eigenvalue weighted by Crippen LogP contribution is -2.28. The van der Waals surface area contributed by atoms with Gasteiger partial charge in [0.25, 0.3) is 0 Å². The molecule has 0 aromatic heterocycles. The van der Waals surface area contributed by atoms with Crippen molar-refractivity contribution < 1.29 is 14.3 Å². The fourth-order valence-corrected chi connectivity index (χ4v) is 3.42. The van der Waals surface area contributed by atoms with Crippen LogP contribution in [0.5, 0.6) is 0 Å². The second-order valence-corrected chi connectivity index (χ2v) is 8.55. The van der Waals surface area contributed by atoms with Gasteiger partial charge < -0.3 is 4.74 Å². The third kappa shape index (κ3) is 5.98. The number of ketones is 1. The van der Waals surface area contributed by atoms with Crippen molar-refractivity contribution in [1.29, 1.82) is 0 Å². The number of hydrogen-bond acceptors (Lipinski definition) is 3. The summed E-state index contributed by atoms with van der Waals surface area (Å²) in [6.07, 6.45) is 5.78. The molecule has 0 spiro atoms. The van der Waals surface area contributed by atoms with E-state index in [0.29, 0.717) is 6.61 Å². The van der Waals surface area contributed by atoms with Gasteiger partial charge in [0, 0.05) is 5.92 Å². The van der Waals surface area contributed by atoms with Crippen LogP contribution in [-0.2, 0) is 26.2 Å². The predicted molar refractivity (Wildman–Crippen MR) is 101 cm³/mol. The molecule has 1 atom stereocenters. The van der Waals surface area contributed by atoms with Gasteiger partial charge in [-0.25, -0.2) is 4.79 Å². The molecular weight excluding hydrogens is 312 g/mol.